The molecule has 1 aromatic rings. The molecule has 2 N–H and O–H groups in total. The second kappa shape index (κ2) is 8.29. The fourth-order valence-corrected chi connectivity index (χ4v) is 3.17. The van der Waals surface area contributed by atoms with E-state index in [1.54, 1.807) is 16.2 Å². The molecule has 0 radical (unpaired) electrons. The fraction of sp³-hybridized carbons (Fsp3) is 0.688. The molecule has 2 rings (SSSR count). The van der Waals surface area contributed by atoms with Crippen LogP contribution in [0.2, 0.25) is 0 Å². The summed E-state index contributed by atoms with van der Waals surface area (Å²) in [6.07, 6.45) is 2.35. The standard InChI is InChI=1S/C16H26N4O2S/c1-4-11(2)18-16(22)20-7-5-13(6-8-20)15(21)17-9-14-10-23-12(3)19-14/h10-11,13H,4-9H2,1-3H3,(H,17,21)(H,18,22). The lowest BCUT2D eigenvalue weighted by atomic mass is 9.96. The highest BCUT2D eigenvalue weighted by Crippen LogP contribution is 2.18. The summed E-state index contributed by atoms with van der Waals surface area (Å²) < 4.78 is 0. The first-order chi connectivity index (χ1) is 11.0. The lowest BCUT2D eigenvalue weighted by molar-refractivity contribution is -0.126. The van der Waals surface area contributed by atoms with Gasteiger partial charge in [-0.2, -0.15) is 0 Å². The number of urea groups is 1. The SMILES string of the molecule is CCC(C)NC(=O)N1CCC(C(=O)NCc2csc(C)n2)CC1. The number of likely N-dealkylation sites (tertiary alicyclic amines) is 1. The van der Waals surface area contributed by atoms with Gasteiger partial charge in [0.2, 0.25) is 5.91 Å². The molecule has 6 nitrogen and oxygen atoms in total. The van der Waals surface area contributed by atoms with Crippen LogP contribution >= 0.6 is 11.3 Å². The number of thiazole rings is 1. The molecule has 0 saturated carbocycles. The molecule has 1 atom stereocenters. The number of aryl methyl sites for hydroxylation is 1. The van der Waals surface area contributed by atoms with Crippen LogP contribution < -0.4 is 10.6 Å². The van der Waals surface area contributed by atoms with Crippen molar-refractivity contribution in [2.75, 3.05) is 13.1 Å². The predicted octanol–water partition coefficient (Wildman–Crippen LogP) is 2.29. The summed E-state index contributed by atoms with van der Waals surface area (Å²) in [5.41, 5.74) is 0.909. The number of hydrogen-bond acceptors (Lipinski definition) is 4. The number of carbonyl (C=O) groups excluding carboxylic acids is 2. The monoisotopic (exact) mass is 338 g/mol. The molecule has 128 valence electrons. The Bertz CT molecular complexity index is 538. The van der Waals surface area contributed by atoms with Crippen molar-refractivity contribution < 1.29 is 9.59 Å². The lowest BCUT2D eigenvalue weighted by Gasteiger charge is -2.32. The number of carbonyl (C=O) groups is 2. The fourth-order valence-electron chi connectivity index (χ4n) is 2.56. The molecule has 0 bridgehead atoms. The summed E-state index contributed by atoms with van der Waals surface area (Å²) in [6.45, 7) is 7.75. The van der Waals surface area contributed by atoms with Crippen molar-refractivity contribution in [3.63, 3.8) is 0 Å². The van der Waals surface area contributed by atoms with Crippen molar-refractivity contribution in [3.05, 3.63) is 16.1 Å². The number of aromatic nitrogens is 1. The molecule has 0 aliphatic carbocycles. The molecule has 1 saturated heterocycles. The molecule has 0 aromatic carbocycles. The number of piperidine rings is 1. The maximum absolute atomic E-state index is 12.2. The topological polar surface area (TPSA) is 74.3 Å². The van der Waals surface area contributed by atoms with Gasteiger partial charge in [-0.25, -0.2) is 9.78 Å². The molecular weight excluding hydrogens is 312 g/mol. The smallest absolute Gasteiger partial charge is 0.317 e. The predicted molar refractivity (Wildman–Crippen MR) is 91.3 cm³/mol. The third kappa shape index (κ3) is 5.20. The van der Waals surface area contributed by atoms with E-state index in [1.165, 1.54) is 0 Å². The summed E-state index contributed by atoms with van der Waals surface area (Å²) in [7, 11) is 0. The minimum atomic E-state index is -0.0174. The molecule has 0 spiro atoms. The highest BCUT2D eigenvalue weighted by Gasteiger charge is 2.27. The first-order valence-electron chi connectivity index (χ1n) is 8.23. The normalized spacial score (nSPS) is 16.9. The number of amides is 3. The Morgan fingerprint density at radius 1 is 1.43 bits per heavy atom. The first-order valence-corrected chi connectivity index (χ1v) is 9.11. The molecule has 7 heteroatoms. The summed E-state index contributed by atoms with van der Waals surface area (Å²) in [4.78, 5) is 30.4. The van der Waals surface area contributed by atoms with Gasteiger partial charge in [0.1, 0.15) is 0 Å². The van der Waals surface area contributed by atoms with Crippen LogP contribution in [0.3, 0.4) is 0 Å². The van der Waals surface area contributed by atoms with Crippen molar-refractivity contribution in [2.24, 2.45) is 5.92 Å². The van der Waals surface area contributed by atoms with Gasteiger partial charge in [-0.15, -0.1) is 11.3 Å². The van der Waals surface area contributed by atoms with E-state index in [0.717, 1.165) is 30.0 Å². The molecule has 3 amide bonds. The molecule has 2 heterocycles. The van der Waals surface area contributed by atoms with Gasteiger partial charge in [0.25, 0.3) is 0 Å². The number of hydrogen-bond donors (Lipinski definition) is 2. The Hall–Kier alpha value is -1.63. The van der Waals surface area contributed by atoms with E-state index in [9.17, 15) is 9.59 Å². The van der Waals surface area contributed by atoms with E-state index < -0.39 is 0 Å². The van der Waals surface area contributed by atoms with E-state index >= 15 is 0 Å². The average molecular weight is 338 g/mol. The largest absolute Gasteiger partial charge is 0.350 e. The van der Waals surface area contributed by atoms with Gasteiger partial charge in [0.05, 0.1) is 17.2 Å². The Labute approximate surface area is 141 Å². The van der Waals surface area contributed by atoms with Crippen LogP contribution in [0, 0.1) is 12.8 Å². The molecule has 1 aliphatic heterocycles. The van der Waals surface area contributed by atoms with E-state index in [0.29, 0.717) is 19.6 Å². The van der Waals surface area contributed by atoms with Gasteiger partial charge in [-0.05, 0) is 33.1 Å². The third-order valence-corrected chi connectivity index (χ3v) is 5.07. The minimum absolute atomic E-state index is 0.0117. The quantitative estimate of drug-likeness (QED) is 0.865. The summed E-state index contributed by atoms with van der Waals surface area (Å²) in [6, 6.07) is 0.168. The van der Waals surface area contributed by atoms with Crippen molar-refractivity contribution in [1.82, 2.24) is 20.5 Å². The van der Waals surface area contributed by atoms with Crippen molar-refractivity contribution in [3.8, 4) is 0 Å². The van der Waals surface area contributed by atoms with Gasteiger partial charge < -0.3 is 15.5 Å². The maximum Gasteiger partial charge on any atom is 0.317 e. The maximum atomic E-state index is 12.2. The van der Waals surface area contributed by atoms with Crippen LogP contribution in [-0.2, 0) is 11.3 Å². The summed E-state index contributed by atoms with van der Waals surface area (Å²) in [5.74, 6) is 0.0556. The van der Waals surface area contributed by atoms with Crippen LogP contribution in [0.5, 0.6) is 0 Å². The molecule has 1 aliphatic rings. The van der Waals surface area contributed by atoms with Gasteiger partial charge in [-0.3, -0.25) is 4.79 Å². The first kappa shape index (κ1) is 17.7. The second-order valence-electron chi connectivity index (χ2n) is 6.10. The van der Waals surface area contributed by atoms with Crippen LogP contribution in [-0.4, -0.2) is 41.0 Å². The van der Waals surface area contributed by atoms with Crippen molar-refractivity contribution in [1.29, 1.82) is 0 Å². The van der Waals surface area contributed by atoms with Gasteiger partial charge >= 0.3 is 6.03 Å². The van der Waals surface area contributed by atoms with Crippen LogP contribution in [0.25, 0.3) is 0 Å². The zero-order chi connectivity index (χ0) is 16.8. The van der Waals surface area contributed by atoms with E-state index in [2.05, 4.69) is 15.6 Å². The highest BCUT2D eigenvalue weighted by atomic mass is 32.1. The molecule has 23 heavy (non-hydrogen) atoms. The van der Waals surface area contributed by atoms with Crippen LogP contribution in [0.4, 0.5) is 4.79 Å². The Kier molecular flexibility index (Phi) is 6.38. The molecular formula is C16H26N4O2S. The highest BCUT2D eigenvalue weighted by molar-refractivity contribution is 7.09. The molecule has 1 unspecified atom stereocenters. The Morgan fingerprint density at radius 2 is 2.13 bits per heavy atom. The number of nitrogens with one attached hydrogen (secondary N) is 2. The van der Waals surface area contributed by atoms with Crippen molar-refractivity contribution >= 4 is 23.3 Å². The summed E-state index contributed by atoms with van der Waals surface area (Å²) >= 11 is 1.59. The zero-order valence-electron chi connectivity index (χ0n) is 14.1. The number of nitrogens with zero attached hydrogens (tertiary/aromatic N) is 2. The average Bonchev–Trinajstić information content (AvgIpc) is 2.98. The minimum Gasteiger partial charge on any atom is -0.350 e. The lowest BCUT2D eigenvalue weighted by Crippen LogP contribution is -2.48. The van der Waals surface area contributed by atoms with E-state index in [4.69, 9.17) is 0 Å². The number of rotatable bonds is 5. The summed E-state index contributed by atoms with van der Waals surface area (Å²) in [5, 5.41) is 8.90. The Morgan fingerprint density at radius 3 is 2.70 bits per heavy atom. The van der Waals surface area contributed by atoms with Crippen LogP contribution in [0.15, 0.2) is 5.38 Å². The Balaban J connectivity index is 1.73. The van der Waals surface area contributed by atoms with Crippen LogP contribution in [0.1, 0.15) is 43.8 Å². The van der Waals surface area contributed by atoms with E-state index in [-0.39, 0.29) is 23.9 Å². The zero-order valence-corrected chi connectivity index (χ0v) is 14.9. The molecule has 1 aromatic heterocycles. The molecule has 1 fully saturated rings. The third-order valence-electron chi connectivity index (χ3n) is 4.25. The van der Waals surface area contributed by atoms with Gasteiger partial charge in [0, 0.05) is 30.4 Å². The second-order valence-corrected chi connectivity index (χ2v) is 7.16. The van der Waals surface area contributed by atoms with Gasteiger partial charge in [0.15, 0.2) is 0 Å². The van der Waals surface area contributed by atoms with Gasteiger partial charge in [-0.1, -0.05) is 6.92 Å². The van der Waals surface area contributed by atoms with Crippen molar-refractivity contribution in [2.45, 2.75) is 52.6 Å². The van der Waals surface area contributed by atoms with E-state index in [1.807, 2.05) is 26.2 Å².